The van der Waals surface area contributed by atoms with Crippen LogP contribution in [0.1, 0.15) is 35.1 Å². The molecule has 1 aromatic carbocycles. The van der Waals surface area contributed by atoms with Crippen LogP contribution in [-0.4, -0.2) is 22.8 Å². The number of hydrogen-bond donors (Lipinski definition) is 0. The molecule has 0 aliphatic carbocycles. The maximum absolute atomic E-state index is 3.71. The van der Waals surface area contributed by atoms with E-state index in [1.54, 1.807) is 0 Å². The molecule has 0 amide bonds. The summed E-state index contributed by atoms with van der Waals surface area (Å²) in [5.41, 5.74) is 5.80. The average Bonchev–Trinajstić information content (AvgIpc) is 2.26. The molecule has 0 atom stereocenters. The van der Waals surface area contributed by atoms with Crippen molar-refractivity contribution in [2.24, 2.45) is 0 Å². The molecule has 2 rings (SSSR count). The number of rotatable bonds is 2. The second-order valence-electron chi connectivity index (χ2n) is 5.33. The molecule has 0 radical (unpaired) electrons. The van der Waals surface area contributed by atoms with Crippen LogP contribution >= 0.6 is 15.9 Å². The average molecular weight is 296 g/mol. The van der Waals surface area contributed by atoms with E-state index in [2.05, 4.69) is 53.7 Å². The molecule has 94 valence electrons. The summed E-state index contributed by atoms with van der Waals surface area (Å²) in [5.74, 6) is 0. The summed E-state index contributed by atoms with van der Waals surface area (Å²) in [6.07, 6.45) is 2.56. The normalized spacial score (nSPS) is 18.6. The molecule has 1 aromatic rings. The zero-order chi connectivity index (χ0) is 12.4. The Morgan fingerprint density at radius 3 is 2.18 bits per heavy atom. The van der Waals surface area contributed by atoms with Gasteiger partial charge in [-0.3, -0.25) is 4.90 Å². The minimum atomic E-state index is 0.735. The number of nitrogens with zero attached hydrogens (tertiary/aromatic N) is 1. The van der Waals surface area contributed by atoms with Crippen molar-refractivity contribution < 1.29 is 0 Å². The van der Waals surface area contributed by atoms with Gasteiger partial charge in [-0.2, -0.15) is 0 Å². The number of alkyl halides is 1. The fourth-order valence-corrected chi connectivity index (χ4v) is 3.15. The van der Waals surface area contributed by atoms with Gasteiger partial charge in [0.1, 0.15) is 0 Å². The zero-order valence-electron chi connectivity index (χ0n) is 11.1. The van der Waals surface area contributed by atoms with Crippen molar-refractivity contribution in [1.29, 1.82) is 0 Å². The topological polar surface area (TPSA) is 3.24 Å². The van der Waals surface area contributed by atoms with Gasteiger partial charge in [0.25, 0.3) is 0 Å². The molecule has 1 saturated heterocycles. The number of halogens is 1. The maximum atomic E-state index is 3.71. The molecule has 1 aliphatic rings. The molecule has 1 fully saturated rings. The van der Waals surface area contributed by atoms with Crippen molar-refractivity contribution in [3.05, 3.63) is 34.4 Å². The van der Waals surface area contributed by atoms with E-state index in [9.17, 15) is 0 Å². The van der Waals surface area contributed by atoms with Crippen molar-refractivity contribution in [1.82, 2.24) is 4.90 Å². The first-order valence-electron chi connectivity index (χ1n) is 6.49. The van der Waals surface area contributed by atoms with Crippen molar-refractivity contribution in [3.8, 4) is 0 Å². The number of likely N-dealkylation sites (tertiary alicyclic amines) is 1. The predicted molar refractivity (Wildman–Crippen MR) is 77.9 cm³/mol. The minimum absolute atomic E-state index is 0.735. The van der Waals surface area contributed by atoms with Crippen LogP contribution in [0.3, 0.4) is 0 Å². The highest BCUT2D eigenvalue weighted by Crippen LogP contribution is 2.22. The lowest BCUT2D eigenvalue weighted by Gasteiger charge is -2.30. The summed E-state index contributed by atoms with van der Waals surface area (Å²) >= 11 is 3.71. The monoisotopic (exact) mass is 295 g/mol. The summed E-state index contributed by atoms with van der Waals surface area (Å²) in [5, 5.41) is 0. The first kappa shape index (κ1) is 13.1. The molecule has 0 saturated carbocycles. The van der Waals surface area contributed by atoms with Crippen LogP contribution in [0, 0.1) is 20.8 Å². The Morgan fingerprint density at radius 2 is 1.65 bits per heavy atom. The van der Waals surface area contributed by atoms with Gasteiger partial charge in [0.2, 0.25) is 0 Å². The minimum Gasteiger partial charge on any atom is -0.299 e. The van der Waals surface area contributed by atoms with Gasteiger partial charge in [0.05, 0.1) is 0 Å². The fourth-order valence-electron chi connectivity index (χ4n) is 2.74. The third-order valence-corrected chi connectivity index (χ3v) is 4.65. The number of benzene rings is 1. The van der Waals surface area contributed by atoms with E-state index in [1.807, 2.05) is 0 Å². The summed E-state index contributed by atoms with van der Waals surface area (Å²) in [6, 6.07) is 4.61. The van der Waals surface area contributed by atoms with Crippen LogP contribution in [0.4, 0.5) is 0 Å². The Bertz CT molecular complexity index is 369. The molecular formula is C15H22BrN. The van der Waals surface area contributed by atoms with Crippen LogP contribution < -0.4 is 0 Å². The van der Waals surface area contributed by atoms with Gasteiger partial charge in [-0.05, 0) is 63.4 Å². The highest BCUT2D eigenvalue weighted by molar-refractivity contribution is 9.09. The van der Waals surface area contributed by atoms with Crippen LogP contribution in [-0.2, 0) is 6.54 Å². The van der Waals surface area contributed by atoms with E-state index < -0.39 is 0 Å². The molecular weight excluding hydrogens is 274 g/mol. The van der Waals surface area contributed by atoms with Gasteiger partial charge in [-0.25, -0.2) is 0 Å². The third kappa shape index (κ3) is 3.32. The maximum Gasteiger partial charge on any atom is 0.0239 e. The van der Waals surface area contributed by atoms with Crippen molar-refractivity contribution >= 4 is 15.9 Å². The lowest BCUT2D eigenvalue weighted by molar-refractivity contribution is 0.225. The second kappa shape index (κ2) is 5.53. The Balaban J connectivity index is 2.08. The van der Waals surface area contributed by atoms with Crippen LogP contribution in [0.2, 0.25) is 0 Å². The van der Waals surface area contributed by atoms with Gasteiger partial charge in [0, 0.05) is 11.4 Å². The van der Waals surface area contributed by atoms with E-state index in [0.717, 1.165) is 11.4 Å². The Labute approximate surface area is 113 Å². The number of aryl methyl sites for hydroxylation is 3. The van der Waals surface area contributed by atoms with Gasteiger partial charge in [-0.15, -0.1) is 0 Å². The number of piperidine rings is 1. The van der Waals surface area contributed by atoms with Gasteiger partial charge < -0.3 is 0 Å². The standard InChI is InChI=1S/C15H22BrN/c1-11-8-12(2)15(13(3)9-11)10-17-6-4-14(16)5-7-17/h8-9,14H,4-7,10H2,1-3H3. The molecule has 1 nitrogen and oxygen atoms in total. The van der Waals surface area contributed by atoms with Crippen LogP contribution in [0.15, 0.2) is 12.1 Å². The molecule has 0 spiro atoms. The first-order valence-corrected chi connectivity index (χ1v) is 7.41. The predicted octanol–water partition coefficient (Wildman–Crippen LogP) is 3.97. The Hall–Kier alpha value is -0.340. The summed E-state index contributed by atoms with van der Waals surface area (Å²) in [4.78, 5) is 3.32. The van der Waals surface area contributed by atoms with E-state index in [0.29, 0.717) is 0 Å². The molecule has 2 heteroatoms. The van der Waals surface area contributed by atoms with Crippen LogP contribution in [0.5, 0.6) is 0 Å². The largest absolute Gasteiger partial charge is 0.299 e. The Morgan fingerprint density at radius 1 is 1.12 bits per heavy atom. The molecule has 17 heavy (non-hydrogen) atoms. The summed E-state index contributed by atoms with van der Waals surface area (Å²) in [7, 11) is 0. The highest BCUT2D eigenvalue weighted by atomic mass is 79.9. The lowest BCUT2D eigenvalue weighted by Crippen LogP contribution is -2.33. The number of hydrogen-bond acceptors (Lipinski definition) is 1. The zero-order valence-corrected chi connectivity index (χ0v) is 12.7. The van der Waals surface area contributed by atoms with Gasteiger partial charge >= 0.3 is 0 Å². The highest BCUT2D eigenvalue weighted by Gasteiger charge is 2.18. The molecule has 0 aromatic heterocycles. The smallest absolute Gasteiger partial charge is 0.0239 e. The Kier molecular flexibility index (Phi) is 4.26. The molecule has 0 N–H and O–H groups in total. The van der Waals surface area contributed by atoms with E-state index in [1.165, 1.54) is 48.2 Å². The quantitative estimate of drug-likeness (QED) is 0.746. The van der Waals surface area contributed by atoms with Gasteiger partial charge in [0.15, 0.2) is 0 Å². The summed E-state index contributed by atoms with van der Waals surface area (Å²) in [6.45, 7) is 10.2. The first-order chi connectivity index (χ1) is 8.06. The lowest BCUT2D eigenvalue weighted by atomic mass is 9.98. The van der Waals surface area contributed by atoms with Gasteiger partial charge in [-0.1, -0.05) is 33.6 Å². The molecule has 0 unspecified atom stereocenters. The third-order valence-electron chi connectivity index (χ3n) is 3.74. The SMILES string of the molecule is Cc1cc(C)c(CN2CCC(Br)CC2)c(C)c1. The summed E-state index contributed by atoms with van der Waals surface area (Å²) < 4.78 is 0. The van der Waals surface area contributed by atoms with Crippen molar-refractivity contribution in [3.63, 3.8) is 0 Å². The van der Waals surface area contributed by atoms with E-state index >= 15 is 0 Å². The van der Waals surface area contributed by atoms with E-state index in [-0.39, 0.29) is 0 Å². The van der Waals surface area contributed by atoms with Crippen molar-refractivity contribution in [2.75, 3.05) is 13.1 Å². The molecule has 1 aliphatic heterocycles. The molecule has 1 heterocycles. The van der Waals surface area contributed by atoms with Crippen LogP contribution in [0.25, 0.3) is 0 Å². The molecule has 0 bridgehead atoms. The second-order valence-corrected chi connectivity index (χ2v) is 6.62. The van der Waals surface area contributed by atoms with E-state index in [4.69, 9.17) is 0 Å². The van der Waals surface area contributed by atoms with Crippen molar-refractivity contribution in [2.45, 2.75) is 45.0 Å². The fraction of sp³-hybridized carbons (Fsp3) is 0.600.